The number of aliphatic hydroxyl groups is 1. The summed E-state index contributed by atoms with van der Waals surface area (Å²) in [4.78, 5) is 14.7. The lowest BCUT2D eigenvalue weighted by Crippen LogP contribution is -2.46. The molecular formula is C29H37ClN2O4S. The van der Waals surface area contributed by atoms with Crippen LogP contribution in [0.5, 0.6) is 5.75 Å². The summed E-state index contributed by atoms with van der Waals surface area (Å²) in [7, 11) is 0. The predicted molar refractivity (Wildman–Crippen MR) is 151 cm³/mol. The predicted octanol–water partition coefficient (Wildman–Crippen LogP) is 6.13. The third-order valence-corrected chi connectivity index (χ3v) is 7.62. The van der Waals surface area contributed by atoms with Gasteiger partial charge in [-0.25, -0.2) is 0 Å². The zero-order chi connectivity index (χ0) is 27.0. The van der Waals surface area contributed by atoms with E-state index < -0.39 is 11.9 Å². The van der Waals surface area contributed by atoms with Gasteiger partial charge < -0.3 is 24.0 Å². The van der Waals surface area contributed by atoms with E-state index in [1.807, 2.05) is 44.2 Å². The monoisotopic (exact) mass is 544 g/mol. The normalized spacial score (nSPS) is 16.9. The summed E-state index contributed by atoms with van der Waals surface area (Å²) < 4.78 is 14.3. The minimum Gasteiger partial charge on any atom is -0.463 e. The molecule has 0 bridgehead atoms. The Balaban J connectivity index is 1.79. The third kappa shape index (κ3) is 7.23. The van der Waals surface area contributed by atoms with Gasteiger partial charge in [0.2, 0.25) is 12.2 Å². The van der Waals surface area contributed by atoms with Gasteiger partial charge in [-0.05, 0) is 49.7 Å². The second-order valence-electron chi connectivity index (χ2n) is 11.3. The van der Waals surface area contributed by atoms with Gasteiger partial charge in [-0.2, -0.15) is 0 Å². The molecule has 37 heavy (non-hydrogen) atoms. The number of morpholine rings is 1. The van der Waals surface area contributed by atoms with E-state index in [1.54, 1.807) is 23.6 Å². The smallest absolute Gasteiger partial charge is 0.219 e. The maximum Gasteiger partial charge on any atom is 0.219 e. The molecule has 1 saturated heterocycles. The van der Waals surface area contributed by atoms with Crippen molar-refractivity contribution in [3.63, 3.8) is 0 Å². The molecule has 0 saturated carbocycles. The lowest BCUT2D eigenvalue weighted by Gasteiger charge is -2.32. The molecule has 200 valence electrons. The van der Waals surface area contributed by atoms with E-state index in [0.717, 1.165) is 27.1 Å². The van der Waals surface area contributed by atoms with Crippen molar-refractivity contribution >= 4 is 40.2 Å². The Morgan fingerprint density at radius 2 is 1.86 bits per heavy atom. The van der Waals surface area contributed by atoms with Crippen molar-refractivity contribution in [2.75, 3.05) is 19.7 Å². The number of amides is 1. The second-order valence-corrected chi connectivity index (χ2v) is 13.5. The Bertz CT molecular complexity index is 1260. The lowest BCUT2D eigenvalue weighted by atomic mass is 10.0. The summed E-state index contributed by atoms with van der Waals surface area (Å²) in [6.07, 6.45) is -0.00998. The Morgan fingerprint density at radius 3 is 2.49 bits per heavy atom. The van der Waals surface area contributed by atoms with E-state index in [4.69, 9.17) is 21.1 Å². The molecule has 0 aliphatic carbocycles. The van der Waals surface area contributed by atoms with E-state index in [9.17, 15) is 9.90 Å². The molecule has 2 heterocycles. The standard InChI is InChI=1S/C29H37ClN2O4S/c1-19(33)31-13-14-35-26(18-31)36-22-11-12-24-23(15-22)27(37-28(2,3)4)25(16-29(5,6)34)32(24)17-20-7-9-21(30)10-8-20/h7-12,15,26,34H,13-14,16-18H2,1-6H3. The quantitative estimate of drug-likeness (QED) is 0.362. The van der Waals surface area contributed by atoms with Gasteiger partial charge in [0, 0.05) is 57.7 Å². The molecule has 1 atom stereocenters. The second kappa shape index (κ2) is 10.9. The topological polar surface area (TPSA) is 63.9 Å². The van der Waals surface area contributed by atoms with Crippen molar-refractivity contribution in [3.05, 3.63) is 58.7 Å². The fourth-order valence-corrected chi connectivity index (χ4v) is 5.83. The van der Waals surface area contributed by atoms with Gasteiger partial charge in [0.15, 0.2) is 0 Å². The highest BCUT2D eigenvalue weighted by atomic mass is 35.5. The number of fused-ring (bicyclic) bond motifs is 1. The molecule has 8 heteroatoms. The number of carbonyl (C=O) groups is 1. The van der Waals surface area contributed by atoms with Crippen LogP contribution in [0.4, 0.5) is 0 Å². The third-order valence-electron chi connectivity index (χ3n) is 6.10. The van der Waals surface area contributed by atoms with E-state index >= 15 is 0 Å². The van der Waals surface area contributed by atoms with Crippen molar-refractivity contribution in [1.82, 2.24) is 9.47 Å². The molecule has 1 amide bonds. The number of hydrogen-bond acceptors (Lipinski definition) is 5. The van der Waals surface area contributed by atoms with Crippen molar-refractivity contribution in [3.8, 4) is 5.75 Å². The van der Waals surface area contributed by atoms with Gasteiger partial charge in [0.1, 0.15) is 5.75 Å². The first-order valence-electron chi connectivity index (χ1n) is 12.6. The van der Waals surface area contributed by atoms with Gasteiger partial charge in [-0.3, -0.25) is 4.79 Å². The van der Waals surface area contributed by atoms with E-state index in [1.165, 1.54) is 0 Å². The highest BCUT2D eigenvalue weighted by Gasteiger charge is 2.28. The molecular weight excluding hydrogens is 508 g/mol. The van der Waals surface area contributed by atoms with Crippen LogP contribution in [0.2, 0.25) is 5.02 Å². The maximum absolute atomic E-state index is 11.9. The summed E-state index contributed by atoms with van der Waals surface area (Å²) >= 11 is 7.94. The summed E-state index contributed by atoms with van der Waals surface area (Å²) in [5.41, 5.74) is 2.41. The molecule has 4 rings (SSSR count). The average Bonchev–Trinajstić information content (AvgIpc) is 3.04. The molecule has 1 aromatic heterocycles. The number of nitrogens with zero attached hydrogens (tertiary/aromatic N) is 2. The molecule has 0 radical (unpaired) electrons. The molecule has 3 aromatic rings. The van der Waals surface area contributed by atoms with Gasteiger partial charge in [-0.15, -0.1) is 11.8 Å². The van der Waals surface area contributed by atoms with Crippen molar-refractivity contribution < 1.29 is 19.4 Å². The first-order chi connectivity index (χ1) is 17.3. The van der Waals surface area contributed by atoms with Crippen LogP contribution in [0.1, 0.15) is 52.8 Å². The van der Waals surface area contributed by atoms with Crippen LogP contribution in [0.25, 0.3) is 10.9 Å². The van der Waals surface area contributed by atoms with Crippen LogP contribution in [-0.2, 0) is 22.5 Å². The largest absolute Gasteiger partial charge is 0.463 e. The van der Waals surface area contributed by atoms with Crippen molar-refractivity contribution in [1.29, 1.82) is 0 Å². The highest BCUT2D eigenvalue weighted by molar-refractivity contribution is 8.00. The summed E-state index contributed by atoms with van der Waals surface area (Å²) in [5.74, 6) is 0.712. The Labute approximate surface area is 228 Å². The van der Waals surface area contributed by atoms with Crippen LogP contribution in [0.15, 0.2) is 47.4 Å². The van der Waals surface area contributed by atoms with Crippen LogP contribution in [-0.4, -0.2) is 56.8 Å². The first kappa shape index (κ1) is 27.8. The Kier molecular flexibility index (Phi) is 8.19. The molecule has 2 aromatic carbocycles. The number of rotatable bonds is 7. The van der Waals surface area contributed by atoms with Crippen LogP contribution in [0.3, 0.4) is 0 Å². The molecule has 1 aliphatic heterocycles. The number of hydrogen-bond donors (Lipinski definition) is 1. The molecule has 6 nitrogen and oxygen atoms in total. The minimum absolute atomic E-state index is 0.0201. The van der Waals surface area contributed by atoms with Crippen molar-refractivity contribution in [2.45, 2.75) is 76.0 Å². The number of aromatic nitrogens is 1. The van der Waals surface area contributed by atoms with Gasteiger partial charge >= 0.3 is 0 Å². The lowest BCUT2D eigenvalue weighted by molar-refractivity contribution is -0.155. The molecule has 1 aliphatic rings. The summed E-state index contributed by atoms with van der Waals surface area (Å²) in [6.45, 7) is 13.9. The maximum atomic E-state index is 11.9. The number of carbonyl (C=O) groups excluding carboxylic acids is 1. The summed E-state index contributed by atoms with van der Waals surface area (Å²) in [5, 5.41) is 12.7. The zero-order valence-corrected chi connectivity index (χ0v) is 24.1. The number of halogens is 1. The number of thioether (sulfide) groups is 1. The number of ether oxygens (including phenoxy) is 2. The van der Waals surface area contributed by atoms with Crippen LogP contribution >= 0.6 is 23.4 Å². The van der Waals surface area contributed by atoms with E-state index in [2.05, 4.69) is 37.5 Å². The Hall–Kier alpha value is -2.19. The molecule has 0 spiro atoms. The SMILES string of the molecule is CC(=O)N1CCOC(Oc2ccc3c(c2)c(SC(C)(C)C)c(CC(C)(C)O)n3Cc2ccc(Cl)cc2)C1. The number of benzene rings is 2. The van der Waals surface area contributed by atoms with Gasteiger partial charge in [0.05, 0.1) is 18.8 Å². The fourth-order valence-electron chi connectivity index (χ4n) is 4.52. The highest BCUT2D eigenvalue weighted by Crippen LogP contribution is 2.43. The van der Waals surface area contributed by atoms with Gasteiger partial charge in [0.25, 0.3) is 0 Å². The average molecular weight is 545 g/mol. The fraction of sp³-hybridized carbons (Fsp3) is 0.483. The molecule has 1 unspecified atom stereocenters. The van der Waals surface area contributed by atoms with E-state index in [-0.39, 0.29) is 10.7 Å². The molecule has 1 fully saturated rings. The van der Waals surface area contributed by atoms with E-state index in [0.29, 0.717) is 43.4 Å². The van der Waals surface area contributed by atoms with Gasteiger partial charge in [-0.1, -0.05) is 44.5 Å². The Morgan fingerprint density at radius 1 is 1.16 bits per heavy atom. The van der Waals surface area contributed by atoms with Crippen LogP contribution < -0.4 is 4.74 Å². The van der Waals surface area contributed by atoms with Crippen molar-refractivity contribution in [2.24, 2.45) is 0 Å². The first-order valence-corrected chi connectivity index (χ1v) is 13.8. The molecule has 1 N–H and O–H groups in total. The summed E-state index contributed by atoms with van der Waals surface area (Å²) in [6, 6.07) is 14.0. The zero-order valence-electron chi connectivity index (χ0n) is 22.5. The van der Waals surface area contributed by atoms with Crippen LogP contribution in [0, 0.1) is 0 Å². The minimum atomic E-state index is -0.884.